The molecule has 4 nitrogen and oxygen atoms in total. The Hall–Kier alpha value is -3.14. The highest BCUT2D eigenvalue weighted by Gasteiger charge is 2.07. The molecule has 1 amide bonds. The van der Waals surface area contributed by atoms with Gasteiger partial charge in [-0.15, -0.1) is 0 Å². The maximum atomic E-state index is 12.3. The van der Waals surface area contributed by atoms with E-state index in [0.29, 0.717) is 12.2 Å². The van der Waals surface area contributed by atoms with Crippen LogP contribution in [0.1, 0.15) is 36.2 Å². The number of hydrogen-bond donors (Lipinski definition) is 1. The van der Waals surface area contributed by atoms with Crippen molar-refractivity contribution in [3.63, 3.8) is 0 Å². The normalized spacial score (nSPS) is 11.4. The highest BCUT2D eigenvalue weighted by molar-refractivity contribution is 6.10. The summed E-state index contributed by atoms with van der Waals surface area (Å²) < 4.78 is 5.53. The third-order valence-electron chi connectivity index (χ3n) is 4.09. The second-order valence-corrected chi connectivity index (χ2v) is 6.04. The van der Waals surface area contributed by atoms with E-state index in [-0.39, 0.29) is 5.91 Å². The molecule has 1 N–H and O–H groups in total. The molecule has 3 aromatic carbocycles. The Morgan fingerprint density at radius 1 is 1.00 bits per heavy atom. The van der Waals surface area contributed by atoms with E-state index in [0.717, 1.165) is 34.2 Å². The zero-order valence-corrected chi connectivity index (χ0v) is 15.0. The molecule has 0 spiro atoms. The Morgan fingerprint density at radius 2 is 1.73 bits per heavy atom. The molecule has 0 saturated heterocycles. The standard InChI is InChI=1S/C22H22N2O2/c1-3-15-26-19-13-11-18(12-14-19)22(25)24-23-16(2)20-10-6-8-17-7-4-5-9-21(17)20/h4-14H,3,15H2,1-2H3,(H,24,25)/b23-16+. The topological polar surface area (TPSA) is 50.7 Å². The van der Waals surface area contributed by atoms with Crippen LogP contribution >= 0.6 is 0 Å². The molecule has 0 fully saturated rings. The van der Waals surface area contributed by atoms with Crippen molar-refractivity contribution in [1.29, 1.82) is 0 Å². The number of carbonyl (C=O) groups is 1. The van der Waals surface area contributed by atoms with Gasteiger partial charge >= 0.3 is 0 Å². The molecule has 26 heavy (non-hydrogen) atoms. The number of fused-ring (bicyclic) bond motifs is 1. The van der Waals surface area contributed by atoms with Crippen molar-refractivity contribution in [1.82, 2.24) is 5.43 Å². The second-order valence-electron chi connectivity index (χ2n) is 6.04. The average Bonchev–Trinajstić information content (AvgIpc) is 2.70. The van der Waals surface area contributed by atoms with Gasteiger partial charge in [0, 0.05) is 11.1 Å². The van der Waals surface area contributed by atoms with Crippen LogP contribution in [0, 0.1) is 0 Å². The van der Waals surface area contributed by atoms with E-state index in [2.05, 4.69) is 35.7 Å². The molecule has 0 heterocycles. The minimum absolute atomic E-state index is 0.244. The SMILES string of the molecule is CCCOc1ccc(C(=O)N/N=C(\C)c2cccc3ccccc23)cc1. The first-order chi connectivity index (χ1) is 12.7. The Bertz CT molecular complexity index is 925. The van der Waals surface area contributed by atoms with Crippen LogP contribution in [-0.4, -0.2) is 18.2 Å². The third-order valence-corrected chi connectivity index (χ3v) is 4.09. The Kier molecular flexibility index (Phi) is 5.64. The van der Waals surface area contributed by atoms with E-state index in [1.807, 2.05) is 31.2 Å². The van der Waals surface area contributed by atoms with Crippen molar-refractivity contribution in [2.45, 2.75) is 20.3 Å². The first-order valence-corrected chi connectivity index (χ1v) is 8.74. The summed E-state index contributed by atoms with van der Waals surface area (Å²) in [6.07, 6.45) is 0.949. The molecular formula is C22H22N2O2. The number of carbonyl (C=O) groups excluding carboxylic acids is 1. The molecule has 0 aliphatic heterocycles. The van der Waals surface area contributed by atoms with Gasteiger partial charge in [0.25, 0.3) is 5.91 Å². The zero-order chi connectivity index (χ0) is 18.4. The van der Waals surface area contributed by atoms with Crippen molar-refractivity contribution in [2.75, 3.05) is 6.61 Å². The highest BCUT2D eigenvalue weighted by atomic mass is 16.5. The third kappa shape index (κ3) is 4.09. The molecule has 0 unspecified atom stereocenters. The van der Waals surface area contributed by atoms with Crippen LogP contribution in [0.4, 0.5) is 0 Å². The van der Waals surface area contributed by atoms with Gasteiger partial charge in [-0.2, -0.15) is 5.10 Å². The monoisotopic (exact) mass is 346 g/mol. The summed E-state index contributed by atoms with van der Waals surface area (Å²) in [7, 11) is 0. The lowest BCUT2D eigenvalue weighted by Gasteiger charge is -2.07. The van der Waals surface area contributed by atoms with E-state index in [4.69, 9.17) is 4.74 Å². The molecule has 0 aliphatic rings. The maximum Gasteiger partial charge on any atom is 0.271 e. The number of hydrazone groups is 1. The molecule has 0 aliphatic carbocycles. The van der Waals surface area contributed by atoms with Gasteiger partial charge < -0.3 is 4.74 Å². The molecular weight excluding hydrogens is 324 g/mol. The van der Waals surface area contributed by atoms with Crippen molar-refractivity contribution in [3.8, 4) is 5.75 Å². The predicted octanol–water partition coefficient (Wildman–Crippen LogP) is 4.78. The van der Waals surface area contributed by atoms with Gasteiger partial charge in [0.1, 0.15) is 5.75 Å². The Labute approximate surface area is 153 Å². The number of amides is 1. The summed E-state index contributed by atoms with van der Waals surface area (Å²) in [6.45, 7) is 4.61. The fourth-order valence-electron chi connectivity index (χ4n) is 2.72. The van der Waals surface area contributed by atoms with Crippen LogP contribution in [0.15, 0.2) is 71.8 Å². The lowest BCUT2D eigenvalue weighted by atomic mass is 10.0. The molecule has 0 atom stereocenters. The number of ether oxygens (including phenoxy) is 1. The van der Waals surface area contributed by atoms with Crippen LogP contribution in [0.2, 0.25) is 0 Å². The van der Waals surface area contributed by atoms with Crippen LogP contribution in [0.3, 0.4) is 0 Å². The van der Waals surface area contributed by atoms with Gasteiger partial charge in [-0.1, -0.05) is 49.4 Å². The lowest BCUT2D eigenvalue weighted by molar-refractivity contribution is 0.0955. The zero-order valence-electron chi connectivity index (χ0n) is 15.0. The van der Waals surface area contributed by atoms with Gasteiger partial charge in [-0.05, 0) is 48.4 Å². The molecule has 3 rings (SSSR count). The molecule has 3 aromatic rings. The smallest absolute Gasteiger partial charge is 0.271 e. The van der Waals surface area contributed by atoms with Gasteiger partial charge in [0.15, 0.2) is 0 Å². The minimum Gasteiger partial charge on any atom is -0.494 e. The van der Waals surface area contributed by atoms with E-state index in [1.165, 1.54) is 0 Å². The summed E-state index contributed by atoms with van der Waals surface area (Å²) >= 11 is 0. The van der Waals surface area contributed by atoms with Gasteiger partial charge in [0.2, 0.25) is 0 Å². The number of rotatable bonds is 6. The fourth-order valence-corrected chi connectivity index (χ4v) is 2.72. The summed E-state index contributed by atoms with van der Waals surface area (Å²) in [5, 5.41) is 6.54. The van der Waals surface area contributed by atoms with E-state index < -0.39 is 0 Å². The molecule has 0 saturated carbocycles. The molecule has 0 radical (unpaired) electrons. The Morgan fingerprint density at radius 3 is 2.50 bits per heavy atom. The molecule has 132 valence electrons. The lowest BCUT2D eigenvalue weighted by Crippen LogP contribution is -2.19. The number of nitrogens with one attached hydrogen (secondary N) is 1. The summed E-state index contributed by atoms with van der Waals surface area (Å²) in [5.74, 6) is 0.519. The first kappa shape index (κ1) is 17.7. The second kappa shape index (κ2) is 8.30. The van der Waals surface area contributed by atoms with Crippen LogP contribution < -0.4 is 10.2 Å². The van der Waals surface area contributed by atoms with Crippen LogP contribution in [0.25, 0.3) is 10.8 Å². The van der Waals surface area contributed by atoms with Crippen molar-refractivity contribution in [3.05, 3.63) is 77.9 Å². The van der Waals surface area contributed by atoms with Crippen LogP contribution in [0.5, 0.6) is 5.75 Å². The average molecular weight is 346 g/mol. The molecule has 0 aromatic heterocycles. The largest absolute Gasteiger partial charge is 0.494 e. The maximum absolute atomic E-state index is 12.3. The van der Waals surface area contributed by atoms with Crippen molar-refractivity contribution >= 4 is 22.4 Å². The fraction of sp³-hybridized carbons (Fsp3) is 0.182. The van der Waals surface area contributed by atoms with E-state index >= 15 is 0 Å². The van der Waals surface area contributed by atoms with Crippen molar-refractivity contribution in [2.24, 2.45) is 5.10 Å². The minimum atomic E-state index is -0.244. The molecule has 0 bridgehead atoms. The van der Waals surface area contributed by atoms with E-state index in [1.54, 1.807) is 24.3 Å². The van der Waals surface area contributed by atoms with Crippen molar-refractivity contribution < 1.29 is 9.53 Å². The first-order valence-electron chi connectivity index (χ1n) is 8.74. The number of nitrogens with zero attached hydrogens (tertiary/aromatic N) is 1. The summed E-state index contributed by atoms with van der Waals surface area (Å²) in [4.78, 5) is 12.3. The van der Waals surface area contributed by atoms with E-state index in [9.17, 15) is 4.79 Å². The Balaban J connectivity index is 1.73. The number of benzene rings is 3. The highest BCUT2D eigenvalue weighted by Crippen LogP contribution is 2.19. The predicted molar refractivity (Wildman–Crippen MR) is 106 cm³/mol. The summed E-state index contributed by atoms with van der Waals surface area (Å²) in [5.41, 5.74) is 4.95. The molecule has 4 heteroatoms. The van der Waals surface area contributed by atoms with Gasteiger partial charge in [0.05, 0.1) is 12.3 Å². The van der Waals surface area contributed by atoms with Gasteiger partial charge in [-0.3, -0.25) is 4.79 Å². The summed E-state index contributed by atoms with van der Waals surface area (Å²) in [6, 6.07) is 21.3. The van der Waals surface area contributed by atoms with Gasteiger partial charge in [-0.25, -0.2) is 5.43 Å². The number of hydrogen-bond acceptors (Lipinski definition) is 3. The quantitative estimate of drug-likeness (QED) is 0.516. The van der Waals surface area contributed by atoms with Crippen LogP contribution in [-0.2, 0) is 0 Å².